The summed E-state index contributed by atoms with van der Waals surface area (Å²) < 4.78 is 23.3. The summed E-state index contributed by atoms with van der Waals surface area (Å²) in [5.41, 5.74) is 1.74. The second kappa shape index (κ2) is 8.23. The number of ether oxygens (including phenoxy) is 1. The molecule has 1 saturated heterocycles. The van der Waals surface area contributed by atoms with Gasteiger partial charge in [0.1, 0.15) is 12.4 Å². The molecule has 4 heterocycles. The van der Waals surface area contributed by atoms with Crippen molar-refractivity contribution >= 4 is 34.3 Å². The van der Waals surface area contributed by atoms with Gasteiger partial charge in [0.25, 0.3) is 0 Å². The number of halogens is 1. The second-order valence-corrected chi connectivity index (χ2v) is 8.66. The van der Waals surface area contributed by atoms with Crippen molar-refractivity contribution in [3.05, 3.63) is 46.7 Å². The maximum absolute atomic E-state index is 13.2. The Morgan fingerprint density at radius 3 is 2.91 bits per heavy atom. The standard InChI is InChI=1S/C21H20FN5O4S/c1-30-18(28)10-23-20(29)25-21-24-14-8-13-6-7-15(19(14)32-21)27(13)17-9-16(31-26-17)11-2-4-12(22)5-3-11/h2-5,9,13,15H,6-8,10H2,1H3,(H2,23,24,25,29). The Labute approximate surface area is 186 Å². The monoisotopic (exact) mass is 457 g/mol. The molecule has 0 radical (unpaired) electrons. The third-order valence-corrected chi connectivity index (χ3v) is 6.81. The van der Waals surface area contributed by atoms with Crippen LogP contribution in [0.2, 0.25) is 0 Å². The van der Waals surface area contributed by atoms with Crippen LogP contribution in [0, 0.1) is 5.82 Å². The summed E-state index contributed by atoms with van der Waals surface area (Å²) in [6.07, 6.45) is 2.70. The molecule has 1 fully saturated rings. The number of methoxy groups -OCH3 is 1. The first-order valence-electron chi connectivity index (χ1n) is 10.1. The quantitative estimate of drug-likeness (QED) is 0.565. The predicted octanol–water partition coefficient (Wildman–Crippen LogP) is 3.50. The number of nitrogens with zero attached hydrogens (tertiary/aromatic N) is 3. The number of benzene rings is 1. The molecule has 32 heavy (non-hydrogen) atoms. The molecule has 9 nitrogen and oxygen atoms in total. The molecule has 3 aromatic rings. The van der Waals surface area contributed by atoms with Gasteiger partial charge in [-0.15, -0.1) is 0 Å². The Morgan fingerprint density at radius 2 is 2.12 bits per heavy atom. The summed E-state index contributed by atoms with van der Waals surface area (Å²) in [7, 11) is 1.26. The normalized spacial score (nSPS) is 18.9. The second-order valence-electron chi connectivity index (χ2n) is 7.63. The van der Waals surface area contributed by atoms with Crippen molar-refractivity contribution in [1.82, 2.24) is 15.5 Å². The average molecular weight is 457 g/mol. The van der Waals surface area contributed by atoms with Gasteiger partial charge in [0.15, 0.2) is 16.7 Å². The number of esters is 1. The van der Waals surface area contributed by atoms with Gasteiger partial charge in [-0.2, -0.15) is 0 Å². The highest BCUT2D eigenvalue weighted by molar-refractivity contribution is 7.16. The van der Waals surface area contributed by atoms with Gasteiger partial charge in [-0.05, 0) is 37.1 Å². The number of urea groups is 1. The maximum atomic E-state index is 13.2. The molecule has 1 aromatic carbocycles. The van der Waals surface area contributed by atoms with E-state index in [4.69, 9.17) is 4.52 Å². The van der Waals surface area contributed by atoms with Crippen molar-refractivity contribution in [2.24, 2.45) is 0 Å². The molecule has 5 rings (SSSR count). The minimum absolute atomic E-state index is 0.0982. The molecule has 2 aliphatic rings. The number of rotatable bonds is 5. The van der Waals surface area contributed by atoms with Crippen molar-refractivity contribution in [2.45, 2.75) is 31.3 Å². The Bertz CT molecular complexity index is 1160. The van der Waals surface area contributed by atoms with Crippen LogP contribution in [-0.2, 0) is 16.0 Å². The summed E-state index contributed by atoms with van der Waals surface area (Å²) in [4.78, 5) is 31.1. The Morgan fingerprint density at radius 1 is 1.31 bits per heavy atom. The van der Waals surface area contributed by atoms with E-state index < -0.39 is 12.0 Å². The number of carbonyl (C=O) groups is 2. The van der Waals surface area contributed by atoms with Crippen molar-refractivity contribution in [1.29, 1.82) is 0 Å². The van der Waals surface area contributed by atoms with E-state index in [1.54, 1.807) is 12.1 Å². The van der Waals surface area contributed by atoms with Gasteiger partial charge in [0, 0.05) is 24.1 Å². The van der Waals surface area contributed by atoms with Crippen LogP contribution in [0.1, 0.15) is 29.5 Å². The molecule has 0 saturated carbocycles. The first-order valence-corrected chi connectivity index (χ1v) is 11.0. The van der Waals surface area contributed by atoms with Crippen molar-refractivity contribution in [3.63, 3.8) is 0 Å². The van der Waals surface area contributed by atoms with E-state index in [9.17, 15) is 14.0 Å². The van der Waals surface area contributed by atoms with Crippen molar-refractivity contribution in [3.8, 4) is 11.3 Å². The van der Waals surface area contributed by atoms with Crippen LogP contribution in [0.4, 0.5) is 20.1 Å². The lowest BCUT2D eigenvalue weighted by molar-refractivity contribution is -0.139. The minimum Gasteiger partial charge on any atom is -0.468 e. The fourth-order valence-corrected chi connectivity index (χ4v) is 5.36. The highest BCUT2D eigenvalue weighted by Gasteiger charge is 2.43. The molecule has 0 spiro atoms. The highest BCUT2D eigenvalue weighted by Crippen LogP contribution is 2.49. The first-order chi connectivity index (χ1) is 15.5. The lowest BCUT2D eigenvalue weighted by atomic mass is 10.1. The third kappa shape index (κ3) is 3.79. The molecular formula is C21H20FN5O4S. The molecule has 2 amide bonds. The minimum atomic E-state index is -0.529. The van der Waals surface area contributed by atoms with E-state index in [-0.39, 0.29) is 24.4 Å². The number of carbonyl (C=O) groups excluding carboxylic acids is 2. The summed E-state index contributed by atoms with van der Waals surface area (Å²) in [6.45, 7) is -0.214. The summed E-state index contributed by atoms with van der Waals surface area (Å²) >= 11 is 1.43. The van der Waals surface area contributed by atoms with Gasteiger partial charge in [-0.3, -0.25) is 10.1 Å². The molecule has 2 aromatic heterocycles. The molecule has 2 atom stereocenters. The number of anilines is 2. The summed E-state index contributed by atoms with van der Waals surface area (Å²) in [5.74, 6) is 0.489. The van der Waals surface area contributed by atoms with Crippen molar-refractivity contribution < 1.29 is 23.2 Å². The van der Waals surface area contributed by atoms with E-state index in [0.717, 1.165) is 41.2 Å². The number of nitrogens with one attached hydrogen (secondary N) is 2. The zero-order chi connectivity index (χ0) is 22.2. The van der Waals surface area contributed by atoms with Gasteiger partial charge in [0.2, 0.25) is 0 Å². The fraction of sp³-hybridized carbons (Fsp3) is 0.333. The molecule has 2 N–H and O–H groups in total. The molecular weight excluding hydrogens is 437 g/mol. The summed E-state index contributed by atoms with van der Waals surface area (Å²) in [6, 6.07) is 7.81. The first kappa shape index (κ1) is 20.4. The smallest absolute Gasteiger partial charge is 0.325 e. The lowest BCUT2D eigenvalue weighted by Crippen LogP contribution is -2.37. The van der Waals surface area contributed by atoms with E-state index >= 15 is 0 Å². The number of hydrogen-bond acceptors (Lipinski definition) is 8. The van der Waals surface area contributed by atoms with Gasteiger partial charge >= 0.3 is 12.0 Å². The SMILES string of the molecule is COC(=O)CNC(=O)Nc1nc2c(s1)C1CCC(C2)N1c1cc(-c2ccc(F)cc2)on1. The zero-order valence-electron chi connectivity index (χ0n) is 17.1. The van der Waals surface area contributed by atoms with Gasteiger partial charge in [-0.1, -0.05) is 16.5 Å². The van der Waals surface area contributed by atoms with Crippen LogP contribution in [0.5, 0.6) is 0 Å². The predicted molar refractivity (Wildman–Crippen MR) is 115 cm³/mol. The number of thiazole rings is 1. The zero-order valence-corrected chi connectivity index (χ0v) is 17.9. The van der Waals surface area contributed by atoms with Crippen LogP contribution in [0.3, 0.4) is 0 Å². The van der Waals surface area contributed by atoms with E-state index in [0.29, 0.717) is 10.9 Å². The molecule has 2 bridgehead atoms. The van der Waals surface area contributed by atoms with Crippen LogP contribution in [0.15, 0.2) is 34.9 Å². The average Bonchev–Trinajstić information content (AvgIpc) is 3.49. The van der Waals surface area contributed by atoms with E-state index in [1.807, 2.05) is 6.07 Å². The Balaban J connectivity index is 1.32. The Kier molecular flexibility index (Phi) is 5.25. The topological polar surface area (TPSA) is 110 Å². The summed E-state index contributed by atoms with van der Waals surface area (Å²) in [5, 5.41) is 9.89. The van der Waals surface area contributed by atoms with E-state index in [1.165, 1.54) is 30.6 Å². The van der Waals surface area contributed by atoms with Gasteiger partial charge in [-0.25, -0.2) is 14.2 Å². The van der Waals surface area contributed by atoms with Crippen LogP contribution in [0.25, 0.3) is 11.3 Å². The molecule has 166 valence electrons. The molecule has 11 heteroatoms. The lowest BCUT2D eigenvalue weighted by Gasteiger charge is -2.33. The number of amides is 2. The number of fused-ring (bicyclic) bond motifs is 4. The van der Waals surface area contributed by atoms with Crippen molar-refractivity contribution in [2.75, 3.05) is 23.9 Å². The largest absolute Gasteiger partial charge is 0.468 e. The van der Waals surface area contributed by atoms with Crippen LogP contribution in [-0.4, -0.2) is 41.8 Å². The van der Waals surface area contributed by atoms with E-state index in [2.05, 4.69) is 30.4 Å². The fourth-order valence-electron chi connectivity index (χ4n) is 4.24. The molecule has 2 aliphatic heterocycles. The van der Waals surface area contributed by atoms with Crippen LogP contribution >= 0.6 is 11.3 Å². The van der Waals surface area contributed by atoms with Crippen LogP contribution < -0.4 is 15.5 Å². The number of aromatic nitrogens is 2. The molecule has 0 aliphatic carbocycles. The maximum Gasteiger partial charge on any atom is 0.325 e. The Hall–Kier alpha value is -3.47. The number of hydrogen-bond donors (Lipinski definition) is 2. The highest BCUT2D eigenvalue weighted by atomic mass is 32.1. The third-order valence-electron chi connectivity index (χ3n) is 5.69. The van der Waals surface area contributed by atoms with Gasteiger partial charge < -0.3 is 19.5 Å². The van der Waals surface area contributed by atoms with Gasteiger partial charge in [0.05, 0.1) is 23.7 Å². The molecule has 2 unspecified atom stereocenters.